The van der Waals surface area contributed by atoms with Crippen molar-refractivity contribution in [3.63, 3.8) is 0 Å². The Morgan fingerprint density at radius 2 is 0.604 bits per heavy atom. The molecule has 0 unspecified atom stereocenters. The molecule has 48 heavy (non-hydrogen) atoms. The van der Waals surface area contributed by atoms with Crippen molar-refractivity contribution < 1.29 is 0 Å². The van der Waals surface area contributed by atoms with Crippen molar-refractivity contribution in [3.05, 3.63) is 113 Å². The third kappa shape index (κ3) is 5.32. The van der Waals surface area contributed by atoms with Crippen molar-refractivity contribution in [2.45, 2.75) is 105 Å². The molecule has 246 valence electrons. The Labute approximate surface area is 286 Å². The summed E-state index contributed by atoms with van der Waals surface area (Å²) in [5.41, 5.74) is 10.3. The van der Waals surface area contributed by atoms with Gasteiger partial charge in [-0.2, -0.15) is 0 Å². The summed E-state index contributed by atoms with van der Waals surface area (Å²) in [7, 11) is 0. The van der Waals surface area contributed by atoms with Crippen molar-refractivity contribution in [2.75, 3.05) is 0 Å². The van der Waals surface area contributed by atoms with E-state index < -0.39 is 0 Å². The molecule has 0 radical (unpaired) electrons. The predicted octanol–water partition coefficient (Wildman–Crippen LogP) is 12.5. The van der Waals surface area contributed by atoms with E-state index in [1.807, 2.05) is 0 Å². The molecule has 0 aliphatic carbocycles. The lowest BCUT2D eigenvalue weighted by Gasteiger charge is -2.19. The van der Waals surface area contributed by atoms with E-state index in [1.54, 1.807) is 0 Å². The number of fused-ring (bicyclic) bond motifs is 6. The number of hydrogen-bond donors (Lipinski definition) is 0. The Bertz CT molecular complexity index is 2060. The van der Waals surface area contributed by atoms with Crippen molar-refractivity contribution >= 4 is 43.6 Å². The summed E-state index contributed by atoms with van der Waals surface area (Å²) in [5, 5.41) is 5.10. The van der Waals surface area contributed by atoms with Crippen LogP contribution in [0.4, 0.5) is 0 Å². The minimum atomic E-state index is 0.0542. The molecule has 3 heterocycles. The summed E-state index contributed by atoms with van der Waals surface area (Å²) in [4.78, 5) is 5.47. The summed E-state index contributed by atoms with van der Waals surface area (Å²) < 4.78 is 4.71. The number of aromatic nitrogens is 3. The van der Waals surface area contributed by atoms with Crippen LogP contribution in [0.5, 0.6) is 0 Å². The summed E-state index contributed by atoms with van der Waals surface area (Å²) >= 11 is 0. The van der Waals surface area contributed by atoms with Gasteiger partial charge in [0, 0.05) is 21.5 Å². The lowest BCUT2D eigenvalue weighted by atomic mass is 9.85. The molecule has 3 heteroatoms. The fourth-order valence-corrected chi connectivity index (χ4v) is 7.07. The van der Waals surface area contributed by atoms with Gasteiger partial charge in [-0.15, -0.1) is 0 Å². The van der Waals surface area contributed by atoms with Gasteiger partial charge in [0.1, 0.15) is 11.6 Å². The predicted molar refractivity (Wildman–Crippen MR) is 208 cm³/mol. The van der Waals surface area contributed by atoms with Gasteiger partial charge in [-0.1, -0.05) is 113 Å². The van der Waals surface area contributed by atoms with E-state index in [9.17, 15) is 0 Å². The van der Waals surface area contributed by atoms with Crippen LogP contribution in [0.2, 0.25) is 0 Å². The molecular weight excluding hydrogens is 583 g/mol. The zero-order valence-electron chi connectivity index (χ0n) is 31.0. The van der Waals surface area contributed by atoms with Gasteiger partial charge in [-0.25, -0.2) is 4.98 Å². The summed E-state index contributed by atoms with van der Waals surface area (Å²) in [6.45, 7) is 27.5. The van der Waals surface area contributed by atoms with Crippen molar-refractivity contribution in [2.24, 2.45) is 0 Å². The topological polar surface area (TPSA) is 22.8 Å². The van der Waals surface area contributed by atoms with Crippen LogP contribution in [0.3, 0.4) is 0 Å². The molecule has 7 aromatic rings. The Hall–Kier alpha value is -4.37. The van der Waals surface area contributed by atoms with Crippen LogP contribution in [0, 0.1) is 0 Å². The number of hydrogen-bond acceptors (Lipinski definition) is 1. The SMILES string of the molecule is CC(C)(C)c1ccc2c(c1)c1cc(C(C)(C)C)ccc1n2-c1cccc(-n2c3ccc(C(C)(C)C)cc3c3cc(C(C)(C)C)ccc32)n1. The zero-order valence-corrected chi connectivity index (χ0v) is 31.0. The van der Waals surface area contributed by atoms with E-state index in [0.29, 0.717) is 0 Å². The molecule has 4 aromatic carbocycles. The standard InChI is InChI=1S/C45H51N3/c1-42(2,3)28-16-20-36-32(24-28)33-25-29(43(4,5)6)17-21-37(33)47(36)40-14-13-15-41(46-40)48-38-22-18-30(44(7,8)9)26-34(38)35-27-31(45(10,11)12)19-23-39(35)48/h13-27H,1-12H3. The first-order chi connectivity index (χ1) is 22.3. The van der Waals surface area contributed by atoms with Gasteiger partial charge in [0.2, 0.25) is 0 Å². The van der Waals surface area contributed by atoms with Crippen molar-refractivity contribution in [3.8, 4) is 11.6 Å². The first-order valence-corrected chi connectivity index (χ1v) is 17.5. The average Bonchev–Trinajstić information content (AvgIpc) is 3.50. The number of pyridine rings is 1. The highest BCUT2D eigenvalue weighted by atomic mass is 15.1. The molecule has 0 fully saturated rings. The van der Waals surface area contributed by atoms with Gasteiger partial charge in [-0.3, -0.25) is 9.13 Å². The van der Waals surface area contributed by atoms with Crippen LogP contribution in [-0.4, -0.2) is 14.1 Å². The highest BCUT2D eigenvalue weighted by Gasteiger charge is 2.24. The maximum absolute atomic E-state index is 5.47. The van der Waals surface area contributed by atoms with Gasteiger partial charge >= 0.3 is 0 Å². The molecule has 0 amide bonds. The minimum absolute atomic E-state index is 0.0542. The van der Waals surface area contributed by atoms with Crippen LogP contribution in [0.15, 0.2) is 91.0 Å². The molecule has 0 aliphatic heterocycles. The van der Waals surface area contributed by atoms with Crippen LogP contribution < -0.4 is 0 Å². The van der Waals surface area contributed by atoms with E-state index in [4.69, 9.17) is 4.98 Å². The Kier molecular flexibility index (Phi) is 7.08. The third-order valence-electron chi connectivity index (χ3n) is 10.2. The lowest BCUT2D eigenvalue weighted by Crippen LogP contribution is -2.10. The monoisotopic (exact) mass is 633 g/mol. The largest absolute Gasteiger partial charge is 0.294 e. The fourth-order valence-electron chi connectivity index (χ4n) is 7.07. The quantitative estimate of drug-likeness (QED) is 0.186. The van der Waals surface area contributed by atoms with Crippen LogP contribution in [-0.2, 0) is 21.7 Å². The Morgan fingerprint density at radius 1 is 0.354 bits per heavy atom. The first kappa shape index (κ1) is 32.2. The highest BCUT2D eigenvalue weighted by Crippen LogP contribution is 2.40. The van der Waals surface area contributed by atoms with Gasteiger partial charge in [0.05, 0.1) is 22.1 Å². The van der Waals surface area contributed by atoms with Crippen molar-refractivity contribution in [1.82, 2.24) is 14.1 Å². The van der Waals surface area contributed by atoms with Crippen molar-refractivity contribution in [1.29, 1.82) is 0 Å². The van der Waals surface area contributed by atoms with E-state index in [0.717, 1.165) is 11.6 Å². The second-order valence-corrected chi connectivity index (χ2v) is 18.0. The summed E-state index contributed by atoms with van der Waals surface area (Å²) in [5.74, 6) is 1.85. The fraction of sp³-hybridized carbons (Fsp3) is 0.356. The molecular formula is C45H51N3. The molecule has 0 atom stereocenters. The summed E-state index contributed by atoms with van der Waals surface area (Å²) in [6.07, 6.45) is 0. The van der Waals surface area contributed by atoms with E-state index in [1.165, 1.54) is 65.9 Å². The van der Waals surface area contributed by atoms with Crippen LogP contribution >= 0.6 is 0 Å². The van der Waals surface area contributed by atoms with Crippen LogP contribution in [0.1, 0.15) is 105 Å². The molecule has 0 spiro atoms. The van der Waals surface area contributed by atoms with E-state index in [-0.39, 0.29) is 21.7 Å². The van der Waals surface area contributed by atoms with Crippen LogP contribution in [0.25, 0.3) is 55.2 Å². The third-order valence-corrected chi connectivity index (χ3v) is 10.2. The minimum Gasteiger partial charge on any atom is -0.294 e. The van der Waals surface area contributed by atoms with E-state index in [2.05, 4.69) is 183 Å². The number of rotatable bonds is 2. The van der Waals surface area contributed by atoms with Gasteiger partial charge in [0.15, 0.2) is 0 Å². The molecule has 0 bridgehead atoms. The molecule has 7 rings (SSSR count). The van der Waals surface area contributed by atoms with Gasteiger partial charge in [-0.05, 0) is 105 Å². The second-order valence-electron chi connectivity index (χ2n) is 18.0. The van der Waals surface area contributed by atoms with Gasteiger partial charge in [0.25, 0.3) is 0 Å². The maximum atomic E-state index is 5.47. The molecule has 0 aliphatic rings. The lowest BCUT2D eigenvalue weighted by molar-refractivity contribution is 0.590. The Balaban J connectivity index is 1.51. The second kappa shape index (κ2) is 10.6. The maximum Gasteiger partial charge on any atom is 0.140 e. The highest BCUT2D eigenvalue weighted by molar-refractivity contribution is 6.11. The number of benzene rings is 4. The zero-order chi connectivity index (χ0) is 34.6. The van der Waals surface area contributed by atoms with Gasteiger partial charge < -0.3 is 0 Å². The number of nitrogens with zero attached hydrogens (tertiary/aromatic N) is 3. The normalized spacial score (nSPS) is 13.4. The molecule has 0 saturated heterocycles. The van der Waals surface area contributed by atoms with E-state index >= 15 is 0 Å². The molecule has 0 saturated carbocycles. The first-order valence-electron chi connectivity index (χ1n) is 17.5. The average molecular weight is 634 g/mol. The molecule has 3 aromatic heterocycles. The summed E-state index contributed by atoms with van der Waals surface area (Å²) in [6, 6.07) is 34.4. The Morgan fingerprint density at radius 3 is 0.833 bits per heavy atom. The smallest absolute Gasteiger partial charge is 0.140 e. The molecule has 3 nitrogen and oxygen atoms in total. The molecule has 0 N–H and O–H groups in total.